The lowest BCUT2D eigenvalue weighted by Crippen LogP contribution is -2.23. The molecule has 21 heavy (non-hydrogen) atoms. The zero-order valence-electron chi connectivity index (χ0n) is 11.7. The van der Waals surface area contributed by atoms with Crippen LogP contribution in [0.4, 0.5) is 0 Å². The van der Waals surface area contributed by atoms with Crippen LogP contribution in [0.1, 0.15) is 23.6 Å². The number of hydrogen-bond acceptors (Lipinski definition) is 4. The van der Waals surface area contributed by atoms with Crippen LogP contribution in [0, 0.1) is 0 Å². The number of phenolic OH excluding ortho intramolecular Hbond substituents is 3. The first kappa shape index (κ1) is 14.9. The van der Waals surface area contributed by atoms with E-state index in [1.165, 1.54) is 6.07 Å². The van der Waals surface area contributed by atoms with Crippen LogP contribution in [0.25, 0.3) is 0 Å². The molecule has 0 amide bonds. The van der Waals surface area contributed by atoms with Gasteiger partial charge in [0.2, 0.25) is 5.75 Å². The lowest BCUT2D eigenvalue weighted by atomic mass is 9.97. The van der Waals surface area contributed by atoms with Gasteiger partial charge in [-0.25, -0.2) is 0 Å². The van der Waals surface area contributed by atoms with E-state index in [1.54, 1.807) is 6.07 Å². The second-order valence-corrected chi connectivity index (χ2v) is 4.75. The zero-order chi connectivity index (χ0) is 15.2. The van der Waals surface area contributed by atoms with Crippen LogP contribution in [0.15, 0.2) is 55.1 Å². The number of rotatable bonds is 6. The highest BCUT2D eigenvalue weighted by Crippen LogP contribution is 2.41. The summed E-state index contributed by atoms with van der Waals surface area (Å²) in [6.07, 6.45) is 2.59. The third-order valence-electron chi connectivity index (χ3n) is 3.30. The monoisotopic (exact) mass is 285 g/mol. The van der Waals surface area contributed by atoms with E-state index >= 15 is 0 Å². The molecule has 1 atom stereocenters. The van der Waals surface area contributed by atoms with Gasteiger partial charge in [-0.2, -0.15) is 0 Å². The molecule has 2 rings (SSSR count). The summed E-state index contributed by atoms with van der Waals surface area (Å²) in [7, 11) is 0. The standard InChI is InChI=1S/C17H19NO3/c1-2-3-11-18-15(12-7-5-4-6-8-12)13-9-10-14(19)17(21)16(13)20/h2,4-10,15,18-21H,1,3,11H2. The number of phenols is 3. The Kier molecular flexibility index (Phi) is 4.85. The Bertz CT molecular complexity index is 611. The van der Waals surface area contributed by atoms with Crippen molar-refractivity contribution in [3.8, 4) is 17.2 Å². The third kappa shape index (κ3) is 3.35. The van der Waals surface area contributed by atoms with E-state index in [1.807, 2.05) is 36.4 Å². The van der Waals surface area contributed by atoms with Crippen molar-refractivity contribution in [2.75, 3.05) is 6.54 Å². The summed E-state index contributed by atoms with van der Waals surface area (Å²) in [5.74, 6) is -1.15. The first-order valence-corrected chi connectivity index (χ1v) is 6.78. The van der Waals surface area contributed by atoms with E-state index in [0.717, 1.165) is 12.0 Å². The van der Waals surface area contributed by atoms with Crippen LogP contribution in [0.5, 0.6) is 17.2 Å². The summed E-state index contributed by atoms with van der Waals surface area (Å²) < 4.78 is 0. The van der Waals surface area contributed by atoms with Crippen molar-refractivity contribution in [2.45, 2.75) is 12.5 Å². The molecular weight excluding hydrogens is 266 g/mol. The fraction of sp³-hybridized carbons (Fsp3) is 0.176. The van der Waals surface area contributed by atoms with Crippen molar-refractivity contribution in [3.63, 3.8) is 0 Å². The van der Waals surface area contributed by atoms with Crippen molar-refractivity contribution >= 4 is 0 Å². The SMILES string of the molecule is C=CCCNC(c1ccccc1)c1ccc(O)c(O)c1O. The lowest BCUT2D eigenvalue weighted by molar-refractivity contribution is 0.362. The number of benzene rings is 2. The maximum absolute atomic E-state index is 10.1. The van der Waals surface area contributed by atoms with E-state index in [4.69, 9.17) is 0 Å². The average molecular weight is 285 g/mol. The Morgan fingerprint density at radius 1 is 1.00 bits per heavy atom. The quantitative estimate of drug-likeness (QED) is 0.374. The fourth-order valence-corrected chi connectivity index (χ4v) is 2.20. The minimum Gasteiger partial charge on any atom is -0.504 e. The van der Waals surface area contributed by atoms with Gasteiger partial charge in [-0.3, -0.25) is 0 Å². The van der Waals surface area contributed by atoms with Gasteiger partial charge in [0.25, 0.3) is 0 Å². The topological polar surface area (TPSA) is 72.7 Å². The zero-order valence-corrected chi connectivity index (χ0v) is 11.7. The molecule has 0 spiro atoms. The van der Waals surface area contributed by atoms with E-state index in [9.17, 15) is 15.3 Å². The van der Waals surface area contributed by atoms with Gasteiger partial charge in [0.1, 0.15) is 0 Å². The highest BCUT2D eigenvalue weighted by Gasteiger charge is 2.20. The molecule has 4 heteroatoms. The largest absolute Gasteiger partial charge is 0.504 e. The predicted molar refractivity (Wildman–Crippen MR) is 82.5 cm³/mol. The average Bonchev–Trinajstić information content (AvgIpc) is 2.51. The second kappa shape index (κ2) is 6.81. The molecule has 0 fully saturated rings. The highest BCUT2D eigenvalue weighted by molar-refractivity contribution is 5.55. The van der Waals surface area contributed by atoms with Crippen molar-refractivity contribution in [1.29, 1.82) is 0 Å². The molecule has 0 bridgehead atoms. The lowest BCUT2D eigenvalue weighted by Gasteiger charge is -2.21. The summed E-state index contributed by atoms with van der Waals surface area (Å²) in [5, 5.41) is 32.6. The van der Waals surface area contributed by atoms with Gasteiger partial charge < -0.3 is 20.6 Å². The van der Waals surface area contributed by atoms with Crippen molar-refractivity contribution in [2.24, 2.45) is 0 Å². The summed E-state index contributed by atoms with van der Waals surface area (Å²) >= 11 is 0. The summed E-state index contributed by atoms with van der Waals surface area (Å²) in [5.41, 5.74) is 1.47. The molecule has 0 aliphatic carbocycles. The first-order valence-electron chi connectivity index (χ1n) is 6.78. The summed E-state index contributed by atoms with van der Waals surface area (Å²) in [4.78, 5) is 0. The van der Waals surface area contributed by atoms with Crippen LogP contribution in [0.3, 0.4) is 0 Å². The van der Waals surface area contributed by atoms with Crippen molar-refractivity contribution in [3.05, 3.63) is 66.2 Å². The van der Waals surface area contributed by atoms with Crippen molar-refractivity contribution < 1.29 is 15.3 Å². The molecule has 2 aromatic carbocycles. The van der Waals surface area contributed by atoms with Crippen LogP contribution >= 0.6 is 0 Å². The van der Waals surface area contributed by atoms with Gasteiger partial charge >= 0.3 is 0 Å². The molecule has 0 saturated carbocycles. The van der Waals surface area contributed by atoms with E-state index in [2.05, 4.69) is 11.9 Å². The second-order valence-electron chi connectivity index (χ2n) is 4.75. The van der Waals surface area contributed by atoms with E-state index in [0.29, 0.717) is 12.1 Å². The smallest absolute Gasteiger partial charge is 0.200 e. The van der Waals surface area contributed by atoms with Gasteiger partial charge in [0.15, 0.2) is 11.5 Å². The van der Waals surface area contributed by atoms with Crippen LogP contribution in [0.2, 0.25) is 0 Å². The predicted octanol–water partition coefficient (Wildman–Crippen LogP) is 3.06. The molecular formula is C17H19NO3. The Morgan fingerprint density at radius 3 is 2.38 bits per heavy atom. The number of nitrogens with one attached hydrogen (secondary N) is 1. The molecule has 2 aromatic rings. The molecule has 4 N–H and O–H groups in total. The van der Waals surface area contributed by atoms with Crippen molar-refractivity contribution in [1.82, 2.24) is 5.32 Å². The fourth-order valence-electron chi connectivity index (χ4n) is 2.20. The Labute approximate surface area is 124 Å². The maximum Gasteiger partial charge on any atom is 0.200 e. The summed E-state index contributed by atoms with van der Waals surface area (Å²) in [6.45, 7) is 4.37. The Morgan fingerprint density at radius 2 is 1.71 bits per heavy atom. The molecule has 0 radical (unpaired) electrons. The molecule has 0 saturated heterocycles. The minimum atomic E-state index is -0.501. The molecule has 0 aromatic heterocycles. The van der Waals surface area contributed by atoms with Gasteiger partial charge in [0, 0.05) is 5.56 Å². The maximum atomic E-state index is 10.1. The number of hydrogen-bond donors (Lipinski definition) is 4. The summed E-state index contributed by atoms with van der Waals surface area (Å²) in [6, 6.07) is 12.3. The van der Waals surface area contributed by atoms with Gasteiger partial charge in [-0.15, -0.1) is 6.58 Å². The molecule has 110 valence electrons. The minimum absolute atomic E-state index is 0.280. The van der Waals surface area contributed by atoms with Gasteiger partial charge in [0.05, 0.1) is 6.04 Å². The first-order chi connectivity index (χ1) is 10.1. The van der Waals surface area contributed by atoms with Gasteiger partial charge in [-0.1, -0.05) is 36.4 Å². The Hall–Kier alpha value is -2.46. The van der Waals surface area contributed by atoms with Crippen LogP contribution in [-0.4, -0.2) is 21.9 Å². The molecule has 4 nitrogen and oxygen atoms in total. The van der Waals surface area contributed by atoms with E-state index < -0.39 is 5.75 Å². The molecule has 0 heterocycles. The third-order valence-corrected chi connectivity index (χ3v) is 3.30. The Balaban J connectivity index is 2.40. The van der Waals surface area contributed by atoms with Crippen LogP contribution < -0.4 is 5.32 Å². The molecule has 1 unspecified atom stereocenters. The van der Waals surface area contributed by atoms with Crippen LogP contribution in [-0.2, 0) is 0 Å². The molecule has 0 aliphatic rings. The highest BCUT2D eigenvalue weighted by atomic mass is 16.3. The normalized spacial score (nSPS) is 12.0. The van der Waals surface area contributed by atoms with Gasteiger partial charge in [-0.05, 0) is 30.7 Å². The molecule has 0 aliphatic heterocycles. The number of aromatic hydroxyl groups is 3. The van der Waals surface area contributed by atoms with E-state index in [-0.39, 0.29) is 17.5 Å².